The Morgan fingerprint density at radius 3 is 2.57 bits per heavy atom. The van der Waals surface area contributed by atoms with Gasteiger partial charge in [0.1, 0.15) is 0 Å². The first-order valence-corrected chi connectivity index (χ1v) is 8.08. The van der Waals surface area contributed by atoms with Gasteiger partial charge in [0, 0.05) is 10.8 Å². The Kier molecular flexibility index (Phi) is 5.53. The van der Waals surface area contributed by atoms with Gasteiger partial charge in [-0.1, -0.05) is 12.1 Å². The molecule has 0 aromatic heterocycles. The van der Waals surface area contributed by atoms with Gasteiger partial charge in [-0.15, -0.1) is 12.4 Å². The predicted molar refractivity (Wildman–Crippen MR) is 86.9 cm³/mol. The topological polar surface area (TPSA) is 41.1 Å². The van der Waals surface area contributed by atoms with E-state index in [9.17, 15) is 18.0 Å². The molecule has 1 saturated carbocycles. The lowest BCUT2D eigenvalue weighted by Gasteiger charge is -2.23. The highest BCUT2D eigenvalue weighted by Gasteiger charge is 2.57. The van der Waals surface area contributed by atoms with E-state index in [4.69, 9.17) is 0 Å². The molecular formula is C15H18ClF3N2OS. The second kappa shape index (κ2) is 6.91. The first-order valence-electron chi connectivity index (χ1n) is 7.26. The Hall–Kier alpha value is -0.920. The molecule has 0 bridgehead atoms. The standard InChI is InChI=1S/C15H17F3N2OS.ClH/c16-15(17,18)22-12-4-2-1-3-11(12)20-13(21)10-9-14(10)5-7-19-8-6-14;/h1-4,10,19H,5-9H2,(H,20,21);1H. The molecule has 3 nitrogen and oxygen atoms in total. The summed E-state index contributed by atoms with van der Waals surface area (Å²) in [6.07, 6.45) is 2.77. The van der Waals surface area contributed by atoms with E-state index in [1.807, 2.05) is 0 Å². The number of carbonyl (C=O) groups is 1. The molecule has 1 atom stereocenters. The zero-order chi connectivity index (χ0) is 15.8. The molecule has 128 valence electrons. The van der Waals surface area contributed by atoms with Crippen molar-refractivity contribution in [1.29, 1.82) is 0 Å². The fraction of sp³-hybridized carbons (Fsp3) is 0.533. The third kappa shape index (κ3) is 4.33. The first kappa shape index (κ1) is 18.4. The smallest absolute Gasteiger partial charge is 0.325 e. The van der Waals surface area contributed by atoms with Gasteiger partial charge >= 0.3 is 5.51 Å². The van der Waals surface area contributed by atoms with Crippen molar-refractivity contribution in [3.05, 3.63) is 24.3 Å². The number of hydrogen-bond acceptors (Lipinski definition) is 3. The molecule has 1 aliphatic carbocycles. The summed E-state index contributed by atoms with van der Waals surface area (Å²) in [7, 11) is 0. The van der Waals surface area contributed by atoms with Gasteiger partial charge in [0.15, 0.2) is 0 Å². The third-order valence-corrected chi connectivity index (χ3v) is 5.28. The number of amides is 1. The van der Waals surface area contributed by atoms with Crippen LogP contribution in [0.1, 0.15) is 19.3 Å². The average Bonchev–Trinajstić information content (AvgIpc) is 3.14. The fourth-order valence-corrected chi connectivity index (χ4v) is 3.82. The SMILES string of the molecule is Cl.O=C(Nc1ccccc1SC(F)(F)F)C1CC12CCNCC2. The number of carbonyl (C=O) groups excluding carboxylic acids is 1. The van der Waals surface area contributed by atoms with Crippen LogP contribution in [0.15, 0.2) is 29.2 Å². The molecule has 2 aliphatic rings. The summed E-state index contributed by atoms with van der Waals surface area (Å²) >= 11 is -0.196. The Labute approximate surface area is 143 Å². The summed E-state index contributed by atoms with van der Waals surface area (Å²) in [6, 6.07) is 6.06. The van der Waals surface area contributed by atoms with Crippen molar-refractivity contribution < 1.29 is 18.0 Å². The number of benzene rings is 1. The monoisotopic (exact) mass is 366 g/mol. The van der Waals surface area contributed by atoms with Crippen LogP contribution < -0.4 is 10.6 Å². The van der Waals surface area contributed by atoms with Crippen molar-refractivity contribution >= 4 is 35.8 Å². The molecule has 0 radical (unpaired) electrons. The molecule has 3 rings (SSSR count). The van der Waals surface area contributed by atoms with E-state index in [1.165, 1.54) is 18.2 Å². The summed E-state index contributed by atoms with van der Waals surface area (Å²) in [6.45, 7) is 1.81. The highest BCUT2D eigenvalue weighted by atomic mass is 35.5. The van der Waals surface area contributed by atoms with E-state index in [2.05, 4.69) is 10.6 Å². The van der Waals surface area contributed by atoms with Crippen LogP contribution in [0.3, 0.4) is 0 Å². The fourth-order valence-electron chi connectivity index (χ4n) is 3.20. The minimum absolute atomic E-state index is 0. The molecule has 2 N–H and O–H groups in total. The largest absolute Gasteiger partial charge is 0.446 e. The maximum atomic E-state index is 12.6. The Morgan fingerprint density at radius 2 is 1.91 bits per heavy atom. The number of nitrogens with one attached hydrogen (secondary N) is 2. The van der Waals surface area contributed by atoms with Crippen LogP contribution in [-0.2, 0) is 4.79 Å². The Morgan fingerprint density at radius 1 is 1.26 bits per heavy atom. The molecule has 1 aromatic carbocycles. The zero-order valence-electron chi connectivity index (χ0n) is 12.3. The number of anilines is 1. The van der Waals surface area contributed by atoms with Gasteiger partial charge in [-0.2, -0.15) is 13.2 Å². The molecule has 1 aliphatic heterocycles. The lowest BCUT2D eigenvalue weighted by molar-refractivity contribution is -0.118. The minimum atomic E-state index is -4.36. The van der Waals surface area contributed by atoms with E-state index in [-0.39, 0.29) is 52.0 Å². The molecule has 2 fully saturated rings. The van der Waals surface area contributed by atoms with Gasteiger partial charge in [-0.25, -0.2) is 0 Å². The van der Waals surface area contributed by atoms with E-state index in [1.54, 1.807) is 6.07 Å². The first-order chi connectivity index (χ1) is 10.4. The number of alkyl halides is 3. The van der Waals surface area contributed by atoms with E-state index < -0.39 is 5.51 Å². The van der Waals surface area contributed by atoms with Gasteiger partial charge in [-0.3, -0.25) is 4.79 Å². The van der Waals surface area contributed by atoms with Gasteiger partial charge in [0.05, 0.1) is 5.69 Å². The van der Waals surface area contributed by atoms with Crippen molar-refractivity contribution in [1.82, 2.24) is 5.32 Å². The molecule has 1 saturated heterocycles. The molecule has 23 heavy (non-hydrogen) atoms. The number of piperidine rings is 1. The molecule has 1 unspecified atom stereocenters. The van der Waals surface area contributed by atoms with E-state index in [0.29, 0.717) is 0 Å². The molecule has 8 heteroatoms. The zero-order valence-corrected chi connectivity index (χ0v) is 13.9. The quantitative estimate of drug-likeness (QED) is 0.793. The predicted octanol–water partition coefficient (Wildman–Crippen LogP) is 4.05. The maximum Gasteiger partial charge on any atom is 0.446 e. The van der Waals surface area contributed by atoms with Crippen molar-refractivity contribution in [2.75, 3.05) is 18.4 Å². The normalized spacial score (nSPS) is 22.3. The number of halogens is 4. The van der Waals surface area contributed by atoms with E-state index >= 15 is 0 Å². The molecular weight excluding hydrogens is 349 g/mol. The number of para-hydroxylation sites is 1. The van der Waals surface area contributed by atoms with Crippen LogP contribution in [0, 0.1) is 11.3 Å². The Bertz CT molecular complexity index is 576. The van der Waals surface area contributed by atoms with Crippen LogP contribution in [0.4, 0.5) is 18.9 Å². The van der Waals surface area contributed by atoms with Crippen molar-refractivity contribution in [3.63, 3.8) is 0 Å². The van der Waals surface area contributed by atoms with Crippen molar-refractivity contribution in [2.24, 2.45) is 11.3 Å². The number of thioether (sulfide) groups is 1. The highest BCUT2D eigenvalue weighted by Crippen LogP contribution is 2.59. The minimum Gasteiger partial charge on any atom is -0.325 e. The van der Waals surface area contributed by atoms with Crippen LogP contribution >= 0.6 is 24.2 Å². The summed E-state index contributed by atoms with van der Waals surface area (Å²) in [5.41, 5.74) is -4.05. The summed E-state index contributed by atoms with van der Waals surface area (Å²) in [5.74, 6) is -0.226. The molecule has 1 spiro atoms. The van der Waals surface area contributed by atoms with Crippen LogP contribution in [-0.4, -0.2) is 24.5 Å². The second-order valence-corrected chi connectivity index (χ2v) is 7.01. The lowest BCUT2D eigenvalue weighted by atomic mass is 9.92. The second-order valence-electron chi connectivity index (χ2n) is 5.90. The van der Waals surface area contributed by atoms with Gasteiger partial charge in [0.25, 0.3) is 0 Å². The molecule has 1 heterocycles. The molecule has 1 amide bonds. The summed E-state index contributed by atoms with van der Waals surface area (Å²) < 4.78 is 37.7. The van der Waals surface area contributed by atoms with Crippen LogP contribution in [0.2, 0.25) is 0 Å². The van der Waals surface area contributed by atoms with Crippen LogP contribution in [0.5, 0.6) is 0 Å². The van der Waals surface area contributed by atoms with Gasteiger partial charge in [0.2, 0.25) is 5.91 Å². The molecule has 1 aromatic rings. The number of hydrogen-bond donors (Lipinski definition) is 2. The number of rotatable bonds is 3. The van der Waals surface area contributed by atoms with Gasteiger partial charge in [-0.05, 0) is 61.7 Å². The third-order valence-electron chi connectivity index (χ3n) is 4.48. The van der Waals surface area contributed by atoms with Crippen molar-refractivity contribution in [3.8, 4) is 0 Å². The van der Waals surface area contributed by atoms with Crippen LogP contribution in [0.25, 0.3) is 0 Å². The summed E-state index contributed by atoms with van der Waals surface area (Å²) in [4.78, 5) is 12.4. The Balaban J connectivity index is 0.00000192. The van der Waals surface area contributed by atoms with Gasteiger partial charge < -0.3 is 10.6 Å². The highest BCUT2D eigenvalue weighted by molar-refractivity contribution is 8.00. The summed E-state index contributed by atoms with van der Waals surface area (Å²) in [5, 5.41) is 5.95. The maximum absolute atomic E-state index is 12.6. The van der Waals surface area contributed by atoms with Crippen molar-refractivity contribution in [2.45, 2.75) is 29.7 Å². The lowest BCUT2D eigenvalue weighted by Crippen LogP contribution is -2.31. The average molecular weight is 367 g/mol. The van der Waals surface area contributed by atoms with E-state index in [0.717, 1.165) is 32.4 Å².